The van der Waals surface area contributed by atoms with Gasteiger partial charge < -0.3 is 19.5 Å². The molecule has 0 spiro atoms. The highest BCUT2D eigenvalue weighted by molar-refractivity contribution is 5.84. The minimum Gasteiger partial charge on any atom is -0.473 e. The van der Waals surface area contributed by atoms with Crippen LogP contribution in [0.5, 0.6) is 5.88 Å². The molecule has 2 saturated heterocycles. The van der Waals surface area contributed by atoms with Crippen LogP contribution in [0.2, 0.25) is 0 Å². The third-order valence-electron chi connectivity index (χ3n) is 7.32. The smallest absolute Gasteiger partial charge is 0.213 e. The molecule has 1 aromatic carbocycles. The summed E-state index contributed by atoms with van der Waals surface area (Å²) in [6.07, 6.45) is 5.54. The number of nitrogens with one attached hydrogen (secondary N) is 1. The molecule has 0 radical (unpaired) electrons. The van der Waals surface area contributed by atoms with Gasteiger partial charge in [-0.25, -0.2) is 4.98 Å². The van der Waals surface area contributed by atoms with E-state index < -0.39 is 0 Å². The Balaban J connectivity index is 1.12. The summed E-state index contributed by atoms with van der Waals surface area (Å²) in [4.78, 5) is 11.8. The largest absolute Gasteiger partial charge is 0.473 e. The van der Waals surface area contributed by atoms with E-state index >= 15 is 0 Å². The number of aromatic nitrogens is 3. The summed E-state index contributed by atoms with van der Waals surface area (Å²) >= 11 is 0. The van der Waals surface area contributed by atoms with Crippen molar-refractivity contribution in [3.05, 3.63) is 53.9 Å². The number of methoxy groups -OCH3 is 1. The molecule has 198 valence electrons. The zero-order valence-corrected chi connectivity index (χ0v) is 21.9. The first kappa shape index (κ1) is 25.6. The molecular weight excluding hydrogens is 468 g/mol. The van der Waals surface area contributed by atoms with E-state index in [9.17, 15) is 0 Å². The van der Waals surface area contributed by atoms with Crippen molar-refractivity contribution < 1.29 is 14.2 Å². The van der Waals surface area contributed by atoms with Gasteiger partial charge in [0.25, 0.3) is 0 Å². The highest BCUT2D eigenvalue weighted by Crippen LogP contribution is 2.28. The molecule has 4 heterocycles. The normalized spacial score (nSPS) is 19.2. The molecule has 0 bridgehead atoms. The molecule has 0 amide bonds. The van der Waals surface area contributed by atoms with E-state index in [1.54, 1.807) is 7.11 Å². The Morgan fingerprint density at radius 1 is 1.19 bits per heavy atom. The lowest BCUT2D eigenvalue weighted by molar-refractivity contribution is -0.0461. The lowest BCUT2D eigenvalue weighted by Gasteiger charge is -2.33. The number of ether oxygens (including phenoxy) is 3. The van der Waals surface area contributed by atoms with Crippen molar-refractivity contribution in [1.82, 2.24) is 25.0 Å². The molecule has 0 aliphatic carbocycles. The minimum absolute atomic E-state index is 0.343. The first-order valence-electron chi connectivity index (χ1n) is 13.3. The number of amidine groups is 1. The van der Waals surface area contributed by atoms with Crippen LogP contribution < -0.4 is 10.1 Å². The van der Waals surface area contributed by atoms with Crippen molar-refractivity contribution in [3.63, 3.8) is 0 Å². The number of fused-ring (bicyclic) bond motifs is 1. The van der Waals surface area contributed by atoms with Gasteiger partial charge in [-0.1, -0.05) is 18.2 Å². The fourth-order valence-corrected chi connectivity index (χ4v) is 4.94. The average Bonchev–Trinajstić information content (AvgIpc) is 3.32. The first-order valence-corrected chi connectivity index (χ1v) is 13.3. The minimum atomic E-state index is 0.343. The number of piperidine rings is 1. The zero-order valence-electron chi connectivity index (χ0n) is 21.9. The van der Waals surface area contributed by atoms with Crippen LogP contribution >= 0.6 is 0 Å². The standard InChI is InChI=1S/C28H38N6O3/c1-29-27(30-18-24-10-14-36-24)19-33-11-8-22(9-12-33)25-4-3-5-28(32-25)37-20-21-6-7-23-17-31-34(13-15-35-2)26(23)16-21/h3-7,16-17,22,24H,8-15,18-20H2,1-2H3,(H,29,30)/t24-/m0/s1. The number of likely N-dealkylation sites (tertiary alicyclic amines) is 1. The summed E-state index contributed by atoms with van der Waals surface area (Å²) in [7, 11) is 3.57. The van der Waals surface area contributed by atoms with Crippen molar-refractivity contribution in [2.45, 2.75) is 44.4 Å². The molecule has 0 saturated carbocycles. The molecule has 2 aromatic heterocycles. The van der Waals surface area contributed by atoms with Gasteiger partial charge in [-0.15, -0.1) is 0 Å². The van der Waals surface area contributed by atoms with Crippen molar-refractivity contribution in [2.24, 2.45) is 4.99 Å². The molecule has 2 fully saturated rings. The number of hydrogen-bond acceptors (Lipinski definition) is 7. The number of rotatable bonds is 11. The van der Waals surface area contributed by atoms with Gasteiger partial charge in [0.2, 0.25) is 5.88 Å². The van der Waals surface area contributed by atoms with Crippen LogP contribution in [0.25, 0.3) is 10.9 Å². The van der Waals surface area contributed by atoms with Crippen LogP contribution in [0.4, 0.5) is 0 Å². The van der Waals surface area contributed by atoms with Gasteiger partial charge in [-0.05, 0) is 50.0 Å². The van der Waals surface area contributed by atoms with Crippen LogP contribution in [0.3, 0.4) is 0 Å². The maximum atomic E-state index is 6.11. The van der Waals surface area contributed by atoms with Gasteiger partial charge >= 0.3 is 0 Å². The Bertz CT molecular complexity index is 1180. The molecule has 9 nitrogen and oxygen atoms in total. The van der Waals surface area contributed by atoms with Crippen LogP contribution in [-0.2, 0) is 22.6 Å². The first-order chi connectivity index (χ1) is 18.2. The molecule has 1 atom stereocenters. The van der Waals surface area contributed by atoms with Crippen molar-refractivity contribution in [1.29, 1.82) is 0 Å². The second-order valence-corrected chi connectivity index (χ2v) is 9.83. The number of pyridine rings is 1. The quantitative estimate of drug-likeness (QED) is 0.316. The van der Waals surface area contributed by atoms with Crippen molar-refractivity contribution in [2.75, 3.05) is 53.6 Å². The van der Waals surface area contributed by atoms with Crippen LogP contribution in [0, 0.1) is 0 Å². The average molecular weight is 507 g/mol. The lowest BCUT2D eigenvalue weighted by atomic mass is 9.93. The molecule has 0 unspecified atom stereocenters. The number of aliphatic imine (C=N–C) groups is 1. The monoisotopic (exact) mass is 506 g/mol. The van der Waals surface area contributed by atoms with E-state index in [1.807, 2.05) is 24.0 Å². The Hall–Kier alpha value is -3.01. The summed E-state index contributed by atoms with van der Waals surface area (Å²) in [6.45, 7) is 6.50. The fourth-order valence-electron chi connectivity index (χ4n) is 4.94. The molecule has 37 heavy (non-hydrogen) atoms. The Morgan fingerprint density at radius 2 is 2.05 bits per heavy atom. The van der Waals surface area contributed by atoms with Crippen molar-refractivity contribution >= 4 is 16.7 Å². The van der Waals surface area contributed by atoms with Gasteiger partial charge in [0, 0.05) is 50.4 Å². The summed E-state index contributed by atoms with van der Waals surface area (Å²) in [6, 6.07) is 12.5. The van der Waals surface area contributed by atoms with Crippen LogP contribution in [0.1, 0.15) is 36.4 Å². The third kappa shape index (κ3) is 6.66. The van der Waals surface area contributed by atoms with E-state index in [2.05, 4.69) is 50.6 Å². The van der Waals surface area contributed by atoms with Gasteiger partial charge in [0.15, 0.2) is 0 Å². The third-order valence-corrected chi connectivity index (χ3v) is 7.32. The summed E-state index contributed by atoms with van der Waals surface area (Å²) in [5, 5.41) is 9.05. The maximum absolute atomic E-state index is 6.11. The zero-order chi connectivity index (χ0) is 25.5. The Labute approximate surface area is 218 Å². The van der Waals surface area contributed by atoms with E-state index in [0.717, 1.165) is 86.6 Å². The highest BCUT2D eigenvalue weighted by Gasteiger charge is 2.23. The topological polar surface area (TPSA) is 86.0 Å². The fraction of sp³-hybridized carbons (Fsp3) is 0.536. The molecule has 5 rings (SSSR count). The molecule has 2 aliphatic heterocycles. The Morgan fingerprint density at radius 3 is 2.81 bits per heavy atom. The SMILES string of the molecule is C/N=C(/CN1CCC(c2cccc(OCc3ccc4cnn(CCOC)c4c3)n2)CC1)NC[C@@H]1CCO1. The van der Waals surface area contributed by atoms with E-state index in [0.29, 0.717) is 31.1 Å². The summed E-state index contributed by atoms with van der Waals surface area (Å²) in [5.74, 6) is 2.17. The van der Waals surface area contributed by atoms with Crippen LogP contribution in [-0.4, -0.2) is 85.2 Å². The predicted octanol–water partition coefficient (Wildman–Crippen LogP) is 3.24. The Kier molecular flexibility index (Phi) is 8.65. The van der Waals surface area contributed by atoms with Gasteiger partial charge in [-0.2, -0.15) is 5.10 Å². The number of hydrogen-bond donors (Lipinski definition) is 1. The van der Waals surface area contributed by atoms with Crippen molar-refractivity contribution in [3.8, 4) is 5.88 Å². The number of nitrogens with zero attached hydrogens (tertiary/aromatic N) is 5. The molecular formula is C28H38N6O3. The van der Waals surface area contributed by atoms with E-state index in [4.69, 9.17) is 19.2 Å². The van der Waals surface area contributed by atoms with Gasteiger partial charge in [0.1, 0.15) is 12.4 Å². The number of benzene rings is 1. The van der Waals surface area contributed by atoms with Crippen LogP contribution in [0.15, 0.2) is 47.6 Å². The predicted molar refractivity (Wildman–Crippen MR) is 144 cm³/mol. The van der Waals surface area contributed by atoms with Gasteiger partial charge in [0.05, 0.1) is 37.5 Å². The van der Waals surface area contributed by atoms with E-state index in [1.165, 1.54) is 0 Å². The second kappa shape index (κ2) is 12.5. The summed E-state index contributed by atoms with van der Waals surface area (Å²) < 4.78 is 18.8. The summed E-state index contributed by atoms with van der Waals surface area (Å²) in [5.41, 5.74) is 3.31. The van der Waals surface area contributed by atoms with E-state index in [-0.39, 0.29) is 0 Å². The lowest BCUT2D eigenvalue weighted by Crippen LogP contribution is -2.45. The second-order valence-electron chi connectivity index (χ2n) is 9.83. The maximum Gasteiger partial charge on any atom is 0.213 e. The highest BCUT2D eigenvalue weighted by atomic mass is 16.5. The van der Waals surface area contributed by atoms with Gasteiger partial charge in [-0.3, -0.25) is 14.6 Å². The molecule has 3 aromatic rings. The molecule has 2 aliphatic rings. The molecule has 1 N–H and O–H groups in total. The molecule has 9 heteroatoms.